The van der Waals surface area contributed by atoms with Crippen LogP contribution in [-0.4, -0.2) is 23.0 Å². The Morgan fingerprint density at radius 1 is 1.30 bits per heavy atom. The second-order valence-electron chi connectivity index (χ2n) is 5.86. The summed E-state index contributed by atoms with van der Waals surface area (Å²) in [5.74, 6) is -1.17. The second-order valence-corrected chi connectivity index (χ2v) is 5.86. The first-order chi connectivity index (χ1) is 9.20. The lowest BCUT2D eigenvalue weighted by Crippen LogP contribution is -2.41. The van der Waals surface area contributed by atoms with Crippen molar-refractivity contribution in [1.29, 1.82) is 0 Å². The summed E-state index contributed by atoms with van der Waals surface area (Å²) < 4.78 is 0. The molecule has 0 aliphatic carbocycles. The molecule has 1 amide bonds. The topological polar surface area (TPSA) is 66.4 Å². The Bertz CT molecular complexity index is 527. The van der Waals surface area contributed by atoms with Gasteiger partial charge in [-0.15, -0.1) is 0 Å². The zero-order valence-electron chi connectivity index (χ0n) is 12.3. The van der Waals surface area contributed by atoms with Crippen molar-refractivity contribution in [2.24, 2.45) is 5.41 Å². The molecule has 1 atom stereocenters. The summed E-state index contributed by atoms with van der Waals surface area (Å²) in [7, 11) is 0. The van der Waals surface area contributed by atoms with E-state index in [4.69, 9.17) is 5.11 Å². The fraction of sp³-hybridized carbons (Fsp3) is 0.375. The van der Waals surface area contributed by atoms with Crippen molar-refractivity contribution < 1.29 is 14.7 Å². The summed E-state index contributed by atoms with van der Waals surface area (Å²) in [5, 5.41) is 11.5. The Kier molecular flexibility index (Phi) is 5.08. The predicted octanol–water partition coefficient (Wildman–Crippen LogP) is 2.95. The highest BCUT2D eigenvalue weighted by Crippen LogP contribution is 2.19. The molecule has 0 fully saturated rings. The number of amides is 1. The van der Waals surface area contributed by atoms with Crippen LogP contribution in [0.4, 0.5) is 0 Å². The zero-order valence-corrected chi connectivity index (χ0v) is 12.3. The van der Waals surface area contributed by atoms with Crippen molar-refractivity contribution in [2.75, 3.05) is 0 Å². The van der Waals surface area contributed by atoms with E-state index in [2.05, 4.69) is 26.1 Å². The van der Waals surface area contributed by atoms with Gasteiger partial charge in [-0.3, -0.25) is 4.79 Å². The number of aliphatic carboxylic acids is 1. The molecule has 2 N–H and O–H groups in total. The fourth-order valence-electron chi connectivity index (χ4n) is 1.45. The van der Waals surface area contributed by atoms with Gasteiger partial charge in [-0.2, -0.15) is 0 Å². The summed E-state index contributed by atoms with van der Waals surface area (Å²) in [6.07, 6.45) is 2.51. The van der Waals surface area contributed by atoms with Crippen molar-refractivity contribution in [3.8, 4) is 0 Å². The maximum Gasteiger partial charge on any atom is 0.328 e. The van der Waals surface area contributed by atoms with E-state index in [1.165, 1.54) is 6.08 Å². The maximum atomic E-state index is 12.1. The number of carbonyl (C=O) groups excluding carboxylic acids is 1. The van der Waals surface area contributed by atoms with Crippen LogP contribution in [0.1, 0.15) is 43.6 Å². The first-order valence-electron chi connectivity index (χ1n) is 6.52. The van der Waals surface area contributed by atoms with E-state index in [0.29, 0.717) is 11.1 Å². The maximum absolute atomic E-state index is 12.1. The van der Waals surface area contributed by atoms with Crippen molar-refractivity contribution in [3.63, 3.8) is 0 Å². The van der Waals surface area contributed by atoms with Crippen LogP contribution in [0.3, 0.4) is 0 Å². The van der Waals surface area contributed by atoms with E-state index in [0.717, 1.165) is 6.08 Å². The van der Waals surface area contributed by atoms with Gasteiger partial charge >= 0.3 is 5.97 Å². The summed E-state index contributed by atoms with van der Waals surface area (Å²) in [5.41, 5.74) is 1.19. The molecule has 4 nitrogen and oxygen atoms in total. The van der Waals surface area contributed by atoms with Gasteiger partial charge in [-0.1, -0.05) is 32.9 Å². The van der Waals surface area contributed by atoms with E-state index in [9.17, 15) is 9.59 Å². The highest BCUT2D eigenvalue weighted by atomic mass is 16.4. The molecular formula is C16H21NO3. The number of nitrogens with one attached hydrogen (secondary N) is 1. The molecule has 0 saturated carbocycles. The van der Waals surface area contributed by atoms with E-state index in [1.54, 1.807) is 24.3 Å². The first kappa shape index (κ1) is 16.0. The second kappa shape index (κ2) is 6.37. The quantitative estimate of drug-likeness (QED) is 0.830. The molecule has 0 spiro atoms. The Morgan fingerprint density at radius 2 is 1.95 bits per heavy atom. The van der Waals surface area contributed by atoms with E-state index < -0.39 is 5.97 Å². The van der Waals surface area contributed by atoms with Gasteiger partial charge in [0.15, 0.2) is 0 Å². The van der Waals surface area contributed by atoms with Crippen LogP contribution in [0.15, 0.2) is 30.3 Å². The number of rotatable bonds is 4. The fourth-order valence-corrected chi connectivity index (χ4v) is 1.45. The molecule has 0 aliphatic heterocycles. The van der Waals surface area contributed by atoms with Crippen molar-refractivity contribution >= 4 is 18.0 Å². The molecule has 0 saturated heterocycles. The number of hydrogen-bond acceptors (Lipinski definition) is 2. The van der Waals surface area contributed by atoms with E-state index >= 15 is 0 Å². The van der Waals surface area contributed by atoms with E-state index in [-0.39, 0.29) is 17.4 Å². The standard InChI is InChI=1S/C16H21NO3/c1-11(16(2,3)4)17-15(20)13-7-5-6-12(10-13)8-9-14(18)19/h5-11H,1-4H3,(H,17,20)(H,18,19)/b9-8+. The molecule has 0 aliphatic rings. The Balaban J connectivity index is 2.84. The molecule has 1 aromatic rings. The summed E-state index contributed by atoms with van der Waals surface area (Å²) in [4.78, 5) is 22.6. The minimum Gasteiger partial charge on any atom is -0.478 e. The van der Waals surface area contributed by atoms with Crippen LogP contribution in [0, 0.1) is 5.41 Å². The Labute approximate surface area is 119 Å². The molecule has 20 heavy (non-hydrogen) atoms. The summed E-state index contributed by atoms with van der Waals surface area (Å²) >= 11 is 0. The third-order valence-corrected chi connectivity index (χ3v) is 3.21. The van der Waals surface area contributed by atoms with Gasteiger partial charge in [0, 0.05) is 17.7 Å². The van der Waals surface area contributed by atoms with Gasteiger partial charge in [0.1, 0.15) is 0 Å². The minimum absolute atomic E-state index is 0.0174. The molecule has 0 aromatic heterocycles. The normalized spacial score (nSPS) is 13.2. The van der Waals surface area contributed by atoms with Gasteiger partial charge in [-0.05, 0) is 36.1 Å². The molecule has 1 aromatic carbocycles. The molecular weight excluding hydrogens is 254 g/mol. The largest absolute Gasteiger partial charge is 0.478 e. The van der Waals surface area contributed by atoms with Gasteiger partial charge < -0.3 is 10.4 Å². The average Bonchev–Trinajstić information content (AvgIpc) is 2.35. The summed E-state index contributed by atoms with van der Waals surface area (Å²) in [6, 6.07) is 6.91. The molecule has 0 bridgehead atoms. The molecule has 4 heteroatoms. The Morgan fingerprint density at radius 3 is 2.50 bits per heavy atom. The number of carboxylic acids is 1. The van der Waals surface area contributed by atoms with Crippen LogP contribution in [-0.2, 0) is 4.79 Å². The van der Waals surface area contributed by atoms with Crippen molar-refractivity contribution in [2.45, 2.75) is 33.7 Å². The highest BCUT2D eigenvalue weighted by Gasteiger charge is 2.22. The van der Waals surface area contributed by atoms with Crippen molar-refractivity contribution in [3.05, 3.63) is 41.5 Å². The highest BCUT2D eigenvalue weighted by molar-refractivity contribution is 5.95. The van der Waals surface area contributed by atoms with Gasteiger partial charge in [0.05, 0.1) is 0 Å². The molecule has 0 radical (unpaired) electrons. The minimum atomic E-state index is -1.01. The average molecular weight is 275 g/mol. The van der Waals surface area contributed by atoms with Crippen LogP contribution >= 0.6 is 0 Å². The lowest BCUT2D eigenvalue weighted by molar-refractivity contribution is -0.131. The lowest BCUT2D eigenvalue weighted by Gasteiger charge is -2.28. The summed E-state index contributed by atoms with van der Waals surface area (Å²) in [6.45, 7) is 8.14. The number of benzene rings is 1. The van der Waals surface area contributed by atoms with Crippen LogP contribution in [0.25, 0.3) is 6.08 Å². The van der Waals surface area contributed by atoms with Crippen LogP contribution < -0.4 is 5.32 Å². The smallest absolute Gasteiger partial charge is 0.328 e. The lowest BCUT2D eigenvalue weighted by atomic mass is 9.88. The van der Waals surface area contributed by atoms with Gasteiger partial charge in [-0.25, -0.2) is 4.79 Å². The van der Waals surface area contributed by atoms with Gasteiger partial charge in [0.2, 0.25) is 0 Å². The molecule has 0 heterocycles. The SMILES string of the molecule is CC(NC(=O)c1cccc(/C=C/C(=O)O)c1)C(C)(C)C. The van der Waals surface area contributed by atoms with Gasteiger partial charge in [0.25, 0.3) is 5.91 Å². The monoisotopic (exact) mass is 275 g/mol. The number of carboxylic acid groups (broad SMARTS) is 1. The molecule has 1 unspecified atom stereocenters. The third-order valence-electron chi connectivity index (χ3n) is 3.21. The Hall–Kier alpha value is -2.10. The first-order valence-corrected chi connectivity index (χ1v) is 6.52. The molecule has 108 valence electrons. The third kappa shape index (κ3) is 4.88. The van der Waals surface area contributed by atoms with Crippen molar-refractivity contribution in [1.82, 2.24) is 5.32 Å². The number of hydrogen-bond donors (Lipinski definition) is 2. The predicted molar refractivity (Wildman–Crippen MR) is 79.5 cm³/mol. The van der Waals surface area contributed by atoms with Crippen LogP contribution in [0.2, 0.25) is 0 Å². The van der Waals surface area contributed by atoms with Crippen LogP contribution in [0.5, 0.6) is 0 Å². The molecule has 1 rings (SSSR count). The zero-order chi connectivity index (χ0) is 15.3. The van der Waals surface area contributed by atoms with E-state index in [1.807, 2.05) is 6.92 Å². The number of carbonyl (C=O) groups is 2.